The minimum absolute atomic E-state index is 0.530. The van der Waals surface area contributed by atoms with Crippen LogP contribution in [0.2, 0.25) is 0 Å². The first-order valence-corrected chi connectivity index (χ1v) is 4.81. The molecular weight excluding hydrogens is 164 g/mol. The molecule has 13 heavy (non-hydrogen) atoms. The van der Waals surface area contributed by atoms with Gasteiger partial charge in [-0.1, -0.05) is 12.2 Å². The van der Waals surface area contributed by atoms with Crippen LogP contribution in [0.3, 0.4) is 0 Å². The number of hydrogen-bond donors (Lipinski definition) is 0. The molecule has 0 aromatic carbocycles. The largest absolute Gasteiger partial charge is 0.373 e. The maximum Gasteiger partial charge on any atom is 0.0844 e. The quantitative estimate of drug-likeness (QED) is 0.481. The molecule has 2 heterocycles. The monoisotopic (exact) mass is 182 g/mol. The van der Waals surface area contributed by atoms with Gasteiger partial charge in [0, 0.05) is 0 Å². The van der Waals surface area contributed by atoms with Gasteiger partial charge in [0.15, 0.2) is 0 Å². The predicted octanol–water partition coefficient (Wildman–Crippen LogP) is 2.31. The first kappa shape index (κ1) is 10.5. The van der Waals surface area contributed by atoms with Crippen molar-refractivity contribution in [3.8, 4) is 0 Å². The molecule has 2 fully saturated rings. The number of ether oxygens (including phenoxy) is 2. The summed E-state index contributed by atoms with van der Waals surface area (Å²) in [5.74, 6) is 0. The Balaban J connectivity index is 0.000000132. The van der Waals surface area contributed by atoms with Crippen LogP contribution in [0.15, 0.2) is 25.3 Å². The average molecular weight is 182 g/mol. The summed E-state index contributed by atoms with van der Waals surface area (Å²) >= 11 is 0. The van der Waals surface area contributed by atoms with Crippen molar-refractivity contribution >= 4 is 0 Å². The molecule has 0 amide bonds. The maximum absolute atomic E-state index is 4.96. The molecule has 2 saturated heterocycles. The molecule has 0 aromatic heterocycles. The molecule has 2 aliphatic heterocycles. The molecule has 74 valence electrons. The summed E-state index contributed by atoms with van der Waals surface area (Å²) in [5.41, 5.74) is 0. The first-order chi connectivity index (χ1) is 6.36. The Bertz CT molecular complexity index is 157. The van der Waals surface area contributed by atoms with Crippen molar-refractivity contribution < 1.29 is 9.47 Å². The van der Waals surface area contributed by atoms with Crippen LogP contribution in [0, 0.1) is 0 Å². The normalized spacial score (nSPS) is 28.3. The third kappa shape index (κ3) is 6.55. The summed E-state index contributed by atoms with van der Waals surface area (Å²) in [7, 11) is 0. The van der Waals surface area contributed by atoms with Gasteiger partial charge in [-0.05, 0) is 19.3 Å². The van der Waals surface area contributed by atoms with Crippen molar-refractivity contribution in [1.82, 2.24) is 0 Å². The second-order valence-electron chi connectivity index (χ2n) is 3.30. The molecule has 2 atom stereocenters. The smallest absolute Gasteiger partial charge is 0.0844 e. The van der Waals surface area contributed by atoms with E-state index in [4.69, 9.17) is 9.47 Å². The van der Waals surface area contributed by atoms with E-state index in [1.807, 2.05) is 12.2 Å². The lowest BCUT2D eigenvalue weighted by atomic mass is 10.2. The lowest BCUT2D eigenvalue weighted by molar-refractivity contribution is 0.398. The summed E-state index contributed by atoms with van der Waals surface area (Å²) in [5, 5.41) is 0. The summed E-state index contributed by atoms with van der Waals surface area (Å²) in [6, 6.07) is 0. The molecule has 0 spiro atoms. The van der Waals surface area contributed by atoms with Gasteiger partial charge in [-0.15, -0.1) is 13.2 Å². The third-order valence-corrected chi connectivity index (χ3v) is 1.93. The molecule has 0 radical (unpaired) electrons. The lowest BCUT2D eigenvalue weighted by Crippen LogP contribution is -1.79. The summed E-state index contributed by atoms with van der Waals surface area (Å²) in [4.78, 5) is 0. The zero-order valence-electron chi connectivity index (χ0n) is 8.08. The highest BCUT2D eigenvalue weighted by atomic mass is 16.6. The van der Waals surface area contributed by atoms with Gasteiger partial charge in [0.2, 0.25) is 0 Å². The van der Waals surface area contributed by atoms with Crippen LogP contribution in [0.5, 0.6) is 0 Å². The van der Waals surface area contributed by atoms with Crippen LogP contribution in [0.1, 0.15) is 19.3 Å². The number of allylic oxidation sites excluding steroid dienone is 1. The number of epoxide rings is 2. The fourth-order valence-corrected chi connectivity index (χ4v) is 0.928. The van der Waals surface area contributed by atoms with Crippen molar-refractivity contribution in [2.75, 3.05) is 13.2 Å². The lowest BCUT2D eigenvalue weighted by Gasteiger charge is -1.82. The topological polar surface area (TPSA) is 25.1 Å². The van der Waals surface area contributed by atoms with Gasteiger partial charge in [0.25, 0.3) is 0 Å². The minimum Gasteiger partial charge on any atom is -0.373 e. The van der Waals surface area contributed by atoms with Crippen molar-refractivity contribution in [2.24, 2.45) is 0 Å². The van der Waals surface area contributed by atoms with Gasteiger partial charge >= 0.3 is 0 Å². The Morgan fingerprint density at radius 1 is 1.08 bits per heavy atom. The highest BCUT2D eigenvalue weighted by Gasteiger charge is 2.20. The van der Waals surface area contributed by atoms with Crippen LogP contribution < -0.4 is 0 Å². The molecule has 2 aliphatic rings. The Kier molecular flexibility index (Phi) is 4.79. The summed E-state index contributed by atoms with van der Waals surface area (Å²) < 4.78 is 9.84. The van der Waals surface area contributed by atoms with Crippen LogP contribution in [0.25, 0.3) is 0 Å². The Morgan fingerprint density at radius 3 is 2.00 bits per heavy atom. The van der Waals surface area contributed by atoms with Crippen molar-refractivity contribution in [3.05, 3.63) is 25.3 Å². The maximum atomic E-state index is 4.96. The summed E-state index contributed by atoms with van der Waals surface area (Å²) in [6.07, 6.45) is 8.23. The molecule has 2 rings (SSSR count). The van der Waals surface area contributed by atoms with Crippen LogP contribution in [-0.4, -0.2) is 25.4 Å². The van der Waals surface area contributed by atoms with E-state index in [2.05, 4.69) is 13.2 Å². The standard InChI is InChI=1S/C6H10O.C5H8O/c1-2-3-4-6-5-7-6;1-2-3-5-4-6-5/h2,6H,1,3-5H2;2,5H,1,3-4H2. The minimum atomic E-state index is 0.530. The van der Waals surface area contributed by atoms with Gasteiger partial charge in [-0.2, -0.15) is 0 Å². The molecule has 2 nitrogen and oxygen atoms in total. The average Bonchev–Trinajstić information content (AvgIpc) is 2.97. The van der Waals surface area contributed by atoms with E-state index in [9.17, 15) is 0 Å². The Hall–Kier alpha value is -0.600. The Morgan fingerprint density at radius 2 is 1.69 bits per heavy atom. The Labute approximate surface area is 80.2 Å². The fourth-order valence-electron chi connectivity index (χ4n) is 0.928. The molecule has 0 aliphatic carbocycles. The third-order valence-electron chi connectivity index (χ3n) is 1.93. The molecular formula is C11H18O2. The van der Waals surface area contributed by atoms with E-state index in [0.717, 1.165) is 26.1 Å². The van der Waals surface area contributed by atoms with Gasteiger partial charge < -0.3 is 9.47 Å². The van der Waals surface area contributed by atoms with Crippen LogP contribution >= 0.6 is 0 Å². The second kappa shape index (κ2) is 5.95. The van der Waals surface area contributed by atoms with Gasteiger partial charge in [0.05, 0.1) is 25.4 Å². The van der Waals surface area contributed by atoms with Gasteiger partial charge in [0.1, 0.15) is 0 Å². The zero-order valence-corrected chi connectivity index (χ0v) is 8.08. The van der Waals surface area contributed by atoms with E-state index in [1.54, 1.807) is 0 Å². The zero-order chi connectivity index (χ0) is 9.52. The number of hydrogen-bond acceptors (Lipinski definition) is 2. The number of rotatable bonds is 5. The summed E-state index contributed by atoms with van der Waals surface area (Å²) in [6.45, 7) is 9.10. The molecule has 2 unspecified atom stereocenters. The van der Waals surface area contributed by atoms with Crippen LogP contribution in [0.4, 0.5) is 0 Å². The highest BCUT2D eigenvalue weighted by Crippen LogP contribution is 2.14. The molecule has 0 aromatic rings. The molecule has 2 heteroatoms. The predicted molar refractivity (Wildman–Crippen MR) is 53.7 cm³/mol. The van der Waals surface area contributed by atoms with Gasteiger partial charge in [-0.25, -0.2) is 0 Å². The van der Waals surface area contributed by atoms with Crippen LogP contribution in [-0.2, 0) is 9.47 Å². The van der Waals surface area contributed by atoms with E-state index in [-0.39, 0.29) is 0 Å². The molecule has 0 bridgehead atoms. The van der Waals surface area contributed by atoms with E-state index in [1.165, 1.54) is 6.42 Å². The van der Waals surface area contributed by atoms with E-state index in [0.29, 0.717) is 12.2 Å². The molecule has 0 saturated carbocycles. The van der Waals surface area contributed by atoms with E-state index < -0.39 is 0 Å². The van der Waals surface area contributed by atoms with E-state index >= 15 is 0 Å². The van der Waals surface area contributed by atoms with Crippen molar-refractivity contribution in [1.29, 1.82) is 0 Å². The second-order valence-corrected chi connectivity index (χ2v) is 3.30. The SMILES string of the molecule is C=CCC1CO1.C=CCCC1CO1. The van der Waals surface area contributed by atoms with Gasteiger partial charge in [-0.3, -0.25) is 0 Å². The van der Waals surface area contributed by atoms with Crippen molar-refractivity contribution in [2.45, 2.75) is 31.5 Å². The van der Waals surface area contributed by atoms with Crippen molar-refractivity contribution in [3.63, 3.8) is 0 Å². The first-order valence-electron chi connectivity index (χ1n) is 4.81. The molecule has 0 N–H and O–H groups in total. The highest BCUT2D eigenvalue weighted by molar-refractivity contribution is 4.79. The fraction of sp³-hybridized carbons (Fsp3) is 0.636.